The van der Waals surface area contributed by atoms with Gasteiger partial charge in [-0.25, -0.2) is 4.98 Å². The zero-order valence-electron chi connectivity index (χ0n) is 14.6. The minimum Gasteiger partial charge on any atom is -0.494 e. The van der Waals surface area contributed by atoms with Crippen LogP contribution in [0.1, 0.15) is 42.7 Å². The maximum atomic E-state index is 11.7. The summed E-state index contributed by atoms with van der Waals surface area (Å²) in [5.41, 5.74) is 2.46. The molecule has 23 heavy (non-hydrogen) atoms. The Kier molecular flexibility index (Phi) is 8.33. The van der Waals surface area contributed by atoms with Crippen LogP contribution < -0.4 is 10.1 Å². The van der Waals surface area contributed by atoms with Gasteiger partial charge in [0.1, 0.15) is 5.75 Å². The van der Waals surface area contributed by atoms with Gasteiger partial charge in [-0.05, 0) is 50.5 Å². The largest absolute Gasteiger partial charge is 0.494 e. The van der Waals surface area contributed by atoms with Gasteiger partial charge in [0, 0.05) is 17.5 Å². The predicted octanol–water partition coefficient (Wildman–Crippen LogP) is 4.89. The Bertz CT molecular complexity index is 623. The van der Waals surface area contributed by atoms with Gasteiger partial charge in [0.25, 0.3) is 0 Å². The van der Waals surface area contributed by atoms with Crippen LogP contribution in [0, 0.1) is 20.8 Å². The Hall–Kier alpha value is -1.88. The highest BCUT2D eigenvalue weighted by molar-refractivity contribution is 7.15. The zero-order chi connectivity index (χ0) is 17.2. The van der Waals surface area contributed by atoms with Gasteiger partial charge >= 0.3 is 0 Å². The summed E-state index contributed by atoms with van der Waals surface area (Å²) in [6.45, 7) is 10.6. The summed E-state index contributed by atoms with van der Waals surface area (Å²) >= 11 is 1.48. The Balaban J connectivity index is 0.00000127. The average molecular weight is 334 g/mol. The number of rotatable bonds is 6. The van der Waals surface area contributed by atoms with Gasteiger partial charge in [0.2, 0.25) is 5.91 Å². The van der Waals surface area contributed by atoms with Crippen LogP contribution >= 0.6 is 11.3 Å². The minimum absolute atomic E-state index is 0.0203. The van der Waals surface area contributed by atoms with Crippen molar-refractivity contribution in [2.45, 2.75) is 47.5 Å². The minimum atomic E-state index is -0.0203. The molecule has 1 heterocycles. The van der Waals surface area contributed by atoms with Crippen LogP contribution in [0.3, 0.4) is 0 Å². The van der Waals surface area contributed by atoms with E-state index in [0.29, 0.717) is 24.6 Å². The number of anilines is 1. The van der Waals surface area contributed by atoms with Crippen molar-refractivity contribution in [3.63, 3.8) is 0 Å². The molecular formula is C18H26N2O2S. The number of nitrogens with zero attached hydrogens (tertiary/aromatic N) is 1. The second-order valence-corrected chi connectivity index (χ2v) is 6.26. The van der Waals surface area contributed by atoms with E-state index < -0.39 is 0 Å². The number of aryl methyl sites for hydroxylation is 3. The summed E-state index contributed by atoms with van der Waals surface area (Å²) in [4.78, 5) is 16.9. The first-order chi connectivity index (χ1) is 11.0. The van der Waals surface area contributed by atoms with Crippen LogP contribution in [0.25, 0.3) is 0 Å². The highest BCUT2D eigenvalue weighted by atomic mass is 32.1. The number of thiazole rings is 1. The van der Waals surface area contributed by atoms with Crippen LogP contribution in [0.5, 0.6) is 5.75 Å². The molecule has 5 heteroatoms. The molecule has 1 aromatic carbocycles. The first-order valence-electron chi connectivity index (χ1n) is 7.97. The molecule has 0 fully saturated rings. The lowest BCUT2D eigenvalue weighted by Gasteiger charge is -2.08. The summed E-state index contributed by atoms with van der Waals surface area (Å²) < 4.78 is 5.65. The van der Waals surface area contributed by atoms with Crippen molar-refractivity contribution in [1.82, 2.24) is 4.98 Å². The van der Waals surface area contributed by atoms with Crippen molar-refractivity contribution >= 4 is 22.4 Å². The Morgan fingerprint density at radius 1 is 1.22 bits per heavy atom. The normalized spacial score (nSPS) is 9.78. The maximum absolute atomic E-state index is 11.7. The van der Waals surface area contributed by atoms with Crippen molar-refractivity contribution < 1.29 is 9.53 Å². The molecule has 1 amide bonds. The summed E-state index contributed by atoms with van der Waals surface area (Å²) in [5, 5.41) is 3.45. The molecular weight excluding hydrogens is 308 g/mol. The molecule has 2 rings (SSSR count). The quantitative estimate of drug-likeness (QED) is 0.765. The van der Waals surface area contributed by atoms with Gasteiger partial charge in [-0.3, -0.25) is 4.79 Å². The molecule has 0 aliphatic heterocycles. The lowest BCUT2D eigenvalue weighted by molar-refractivity contribution is -0.116. The fourth-order valence-electron chi connectivity index (χ4n) is 1.82. The number of ether oxygens (including phenoxy) is 1. The fraction of sp³-hybridized carbons (Fsp3) is 0.444. The van der Waals surface area contributed by atoms with E-state index in [1.165, 1.54) is 22.5 Å². The van der Waals surface area contributed by atoms with E-state index in [1.54, 1.807) is 6.20 Å². The number of aromatic nitrogens is 1. The number of carbonyl (C=O) groups is 1. The first-order valence-corrected chi connectivity index (χ1v) is 8.78. The molecule has 1 N–H and O–H groups in total. The molecule has 0 bridgehead atoms. The Morgan fingerprint density at radius 3 is 2.57 bits per heavy atom. The van der Waals surface area contributed by atoms with E-state index in [4.69, 9.17) is 4.74 Å². The first kappa shape index (κ1) is 19.2. The molecule has 0 atom stereocenters. The van der Waals surface area contributed by atoms with Crippen molar-refractivity contribution in [3.05, 3.63) is 40.4 Å². The molecule has 4 nitrogen and oxygen atoms in total. The molecule has 0 spiro atoms. The van der Waals surface area contributed by atoms with E-state index in [-0.39, 0.29) is 5.91 Å². The molecule has 0 radical (unpaired) electrons. The summed E-state index contributed by atoms with van der Waals surface area (Å²) in [6, 6.07) is 6.02. The van der Waals surface area contributed by atoms with Crippen molar-refractivity contribution in [2.24, 2.45) is 0 Å². The second kappa shape index (κ2) is 10.0. The van der Waals surface area contributed by atoms with Crippen LogP contribution in [-0.2, 0) is 4.79 Å². The van der Waals surface area contributed by atoms with E-state index in [0.717, 1.165) is 10.6 Å². The van der Waals surface area contributed by atoms with Crippen molar-refractivity contribution in [2.75, 3.05) is 11.9 Å². The molecule has 0 aliphatic carbocycles. The smallest absolute Gasteiger partial charge is 0.226 e. The lowest BCUT2D eigenvalue weighted by Crippen LogP contribution is -2.12. The van der Waals surface area contributed by atoms with Gasteiger partial charge in [0.15, 0.2) is 5.13 Å². The molecule has 0 saturated carbocycles. The number of nitrogens with one attached hydrogen (secondary N) is 1. The van der Waals surface area contributed by atoms with Gasteiger partial charge < -0.3 is 10.1 Å². The van der Waals surface area contributed by atoms with Gasteiger partial charge in [-0.1, -0.05) is 19.9 Å². The maximum Gasteiger partial charge on any atom is 0.226 e. The third kappa shape index (κ3) is 6.82. The zero-order valence-corrected chi connectivity index (χ0v) is 15.4. The number of carbonyl (C=O) groups excluding carboxylic acids is 1. The molecule has 126 valence electrons. The van der Waals surface area contributed by atoms with Crippen molar-refractivity contribution in [1.29, 1.82) is 0 Å². The van der Waals surface area contributed by atoms with E-state index >= 15 is 0 Å². The van der Waals surface area contributed by atoms with Gasteiger partial charge in [-0.15, -0.1) is 11.3 Å². The SMILES string of the molecule is CC.Cc1cnc(NC(=O)CCCOc2ccc(C)c(C)c2)s1. The van der Waals surface area contributed by atoms with Crippen LogP contribution in [0.15, 0.2) is 24.4 Å². The topological polar surface area (TPSA) is 51.2 Å². The third-order valence-corrected chi connectivity index (χ3v) is 3.99. The molecule has 2 aromatic rings. The van der Waals surface area contributed by atoms with E-state index in [2.05, 4.69) is 24.1 Å². The van der Waals surface area contributed by atoms with Gasteiger partial charge in [-0.2, -0.15) is 0 Å². The van der Waals surface area contributed by atoms with Crippen LogP contribution in [0.4, 0.5) is 5.13 Å². The predicted molar refractivity (Wildman–Crippen MR) is 97.5 cm³/mol. The second-order valence-electron chi connectivity index (χ2n) is 5.02. The summed E-state index contributed by atoms with van der Waals surface area (Å²) in [5.74, 6) is 0.835. The monoisotopic (exact) mass is 334 g/mol. The number of hydrogen-bond acceptors (Lipinski definition) is 4. The molecule has 1 aromatic heterocycles. The fourth-order valence-corrected chi connectivity index (χ4v) is 2.50. The summed E-state index contributed by atoms with van der Waals surface area (Å²) in [7, 11) is 0. The third-order valence-electron chi connectivity index (χ3n) is 3.16. The Labute approximate surface area is 142 Å². The Morgan fingerprint density at radius 2 is 1.96 bits per heavy atom. The average Bonchev–Trinajstić information content (AvgIpc) is 2.94. The number of benzene rings is 1. The molecule has 0 aliphatic rings. The van der Waals surface area contributed by atoms with Crippen LogP contribution in [0.2, 0.25) is 0 Å². The molecule has 0 unspecified atom stereocenters. The lowest BCUT2D eigenvalue weighted by atomic mass is 10.1. The number of amides is 1. The standard InChI is InChI=1S/C16H20N2O2S.C2H6/c1-11-6-7-14(9-12(11)2)20-8-4-5-15(19)18-16-17-10-13(3)21-16;1-2/h6-7,9-10H,4-5,8H2,1-3H3,(H,17,18,19);1-2H3. The van der Waals surface area contributed by atoms with E-state index in [1.807, 2.05) is 39.0 Å². The van der Waals surface area contributed by atoms with E-state index in [9.17, 15) is 4.79 Å². The number of hydrogen-bond donors (Lipinski definition) is 1. The van der Waals surface area contributed by atoms with Crippen LogP contribution in [-0.4, -0.2) is 17.5 Å². The van der Waals surface area contributed by atoms with Crippen molar-refractivity contribution in [3.8, 4) is 5.75 Å². The highest BCUT2D eigenvalue weighted by Crippen LogP contribution is 2.18. The van der Waals surface area contributed by atoms with Gasteiger partial charge in [0.05, 0.1) is 6.61 Å². The summed E-state index contributed by atoms with van der Waals surface area (Å²) in [6.07, 6.45) is 2.87. The molecule has 0 saturated heterocycles. The highest BCUT2D eigenvalue weighted by Gasteiger charge is 2.05.